The number of amides is 1. The number of alkyl halides is 3. The van der Waals surface area contributed by atoms with Crippen LogP contribution < -0.4 is 11.1 Å². The SMILES string of the molecule is C=CCCCNC(=O)c1cc(N)cc(C(F)(F)F)c1.CC. The van der Waals surface area contributed by atoms with Gasteiger partial charge in [-0.2, -0.15) is 13.2 Å². The van der Waals surface area contributed by atoms with E-state index in [1.165, 1.54) is 6.07 Å². The van der Waals surface area contributed by atoms with Crippen LogP contribution in [0.4, 0.5) is 18.9 Å². The average Bonchev–Trinajstić information content (AvgIpc) is 2.44. The summed E-state index contributed by atoms with van der Waals surface area (Å²) in [6.45, 7) is 7.91. The first-order valence-corrected chi connectivity index (χ1v) is 6.71. The van der Waals surface area contributed by atoms with Crippen LogP contribution in [0, 0.1) is 0 Å². The van der Waals surface area contributed by atoms with Crippen LogP contribution in [0.25, 0.3) is 0 Å². The van der Waals surface area contributed by atoms with E-state index < -0.39 is 17.6 Å². The van der Waals surface area contributed by atoms with Crippen molar-refractivity contribution < 1.29 is 18.0 Å². The third kappa shape index (κ3) is 6.83. The second kappa shape index (κ2) is 9.05. The molecule has 0 atom stereocenters. The number of carbonyl (C=O) groups excluding carboxylic acids is 1. The zero-order chi connectivity index (χ0) is 16.5. The van der Waals surface area contributed by atoms with Crippen LogP contribution in [0.2, 0.25) is 0 Å². The Kier molecular flexibility index (Phi) is 8.19. The van der Waals surface area contributed by atoms with Crippen molar-refractivity contribution >= 4 is 11.6 Å². The topological polar surface area (TPSA) is 55.1 Å². The standard InChI is InChI=1S/C13H15F3N2O.C2H6/c1-2-3-4-5-18-12(19)9-6-10(13(14,15)16)8-11(17)7-9;1-2/h2,6-8H,1,3-5,17H2,(H,18,19);1-2H3. The number of hydrogen-bond donors (Lipinski definition) is 2. The van der Waals surface area contributed by atoms with E-state index in [0.29, 0.717) is 13.0 Å². The number of nitrogens with one attached hydrogen (secondary N) is 1. The van der Waals surface area contributed by atoms with E-state index in [4.69, 9.17) is 5.73 Å². The van der Waals surface area contributed by atoms with Gasteiger partial charge in [0.25, 0.3) is 5.91 Å². The van der Waals surface area contributed by atoms with E-state index in [2.05, 4.69) is 11.9 Å². The highest BCUT2D eigenvalue weighted by Crippen LogP contribution is 2.31. The van der Waals surface area contributed by atoms with Crippen molar-refractivity contribution in [2.75, 3.05) is 12.3 Å². The van der Waals surface area contributed by atoms with Crippen molar-refractivity contribution in [3.8, 4) is 0 Å². The molecule has 1 aromatic carbocycles. The molecule has 3 nitrogen and oxygen atoms in total. The molecule has 0 heterocycles. The molecule has 0 fully saturated rings. The Morgan fingerprint density at radius 1 is 1.33 bits per heavy atom. The van der Waals surface area contributed by atoms with E-state index in [1.54, 1.807) is 6.08 Å². The van der Waals surface area contributed by atoms with Crippen molar-refractivity contribution in [2.45, 2.75) is 32.9 Å². The summed E-state index contributed by atoms with van der Waals surface area (Å²) in [4.78, 5) is 11.7. The maximum absolute atomic E-state index is 12.6. The second-order valence-corrected chi connectivity index (χ2v) is 4.03. The summed E-state index contributed by atoms with van der Waals surface area (Å²) in [7, 11) is 0. The monoisotopic (exact) mass is 302 g/mol. The molecule has 0 saturated heterocycles. The fourth-order valence-electron chi connectivity index (χ4n) is 1.50. The van der Waals surface area contributed by atoms with E-state index in [1.807, 2.05) is 13.8 Å². The molecule has 21 heavy (non-hydrogen) atoms. The summed E-state index contributed by atoms with van der Waals surface area (Å²) < 4.78 is 37.7. The number of hydrogen-bond acceptors (Lipinski definition) is 2. The minimum absolute atomic E-state index is 0.0916. The number of rotatable bonds is 5. The lowest BCUT2D eigenvalue weighted by atomic mass is 10.1. The Bertz CT molecular complexity index is 470. The molecule has 0 aliphatic rings. The van der Waals surface area contributed by atoms with E-state index in [0.717, 1.165) is 18.6 Å². The summed E-state index contributed by atoms with van der Waals surface area (Å²) in [6, 6.07) is 2.81. The molecule has 1 amide bonds. The minimum Gasteiger partial charge on any atom is -0.399 e. The van der Waals surface area contributed by atoms with Crippen molar-refractivity contribution in [1.82, 2.24) is 5.32 Å². The molecule has 1 rings (SSSR count). The average molecular weight is 302 g/mol. The maximum atomic E-state index is 12.6. The fourth-order valence-corrected chi connectivity index (χ4v) is 1.50. The molecule has 0 radical (unpaired) electrons. The van der Waals surface area contributed by atoms with Gasteiger partial charge in [-0.1, -0.05) is 19.9 Å². The summed E-state index contributed by atoms with van der Waals surface area (Å²) >= 11 is 0. The zero-order valence-corrected chi connectivity index (χ0v) is 12.3. The number of halogens is 3. The lowest BCUT2D eigenvalue weighted by molar-refractivity contribution is -0.137. The minimum atomic E-state index is -4.52. The van der Waals surface area contributed by atoms with Gasteiger partial charge in [-0.15, -0.1) is 6.58 Å². The first kappa shape index (κ1) is 19.0. The number of nitrogens with two attached hydrogens (primary N) is 1. The van der Waals surface area contributed by atoms with Gasteiger partial charge in [-0.05, 0) is 31.0 Å². The Morgan fingerprint density at radius 3 is 2.48 bits per heavy atom. The van der Waals surface area contributed by atoms with Crippen molar-refractivity contribution in [3.63, 3.8) is 0 Å². The van der Waals surface area contributed by atoms with Crippen LogP contribution in [0.1, 0.15) is 42.6 Å². The number of allylic oxidation sites excluding steroid dienone is 1. The molecule has 118 valence electrons. The third-order valence-corrected chi connectivity index (χ3v) is 2.42. The van der Waals surface area contributed by atoms with Crippen LogP contribution in [0.3, 0.4) is 0 Å². The Balaban J connectivity index is 0.00000191. The summed E-state index contributed by atoms with van der Waals surface area (Å²) in [5.74, 6) is -0.568. The van der Waals surface area contributed by atoms with Crippen LogP contribution in [0.15, 0.2) is 30.9 Å². The Labute approximate surface area is 123 Å². The molecule has 1 aromatic rings. The van der Waals surface area contributed by atoms with Crippen molar-refractivity contribution in [2.24, 2.45) is 0 Å². The number of carbonyl (C=O) groups is 1. The molecule has 0 aliphatic heterocycles. The molecular weight excluding hydrogens is 281 g/mol. The molecule has 6 heteroatoms. The second-order valence-electron chi connectivity index (χ2n) is 4.03. The maximum Gasteiger partial charge on any atom is 0.416 e. The highest BCUT2D eigenvalue weighted by Gasteiger charge is 2.31. The molecular formula is C15H21F3N2O. The molecule has 0 saturated carbocycles. The number of anilines is 1. The van der Waals surface area contributed by atoms with Gasteiger partial charge in [0.1, 0.15) is 0 Å². The highest BCUT2D eigenvalue weighted by molar-refractivity contribution is 5.95. The molecule has 0 bridgehead atoms. The Morgan fingerprint density at radius 2 is 1.95 bits per heavy atom. The van der Waals surface area contributed by atoms with Gasteiger partial charge in [0, 0.05) is 17.8 Å². The number of nitrogen functional groups attached to an aromatic ring is 1. The molecule has 0 spiro atoms. The van der Waals surface area contributed by atoms with Gasteiger partial charge in [-0.3, -0.25) is 4.79 Å². The first-order valence-electron chi connectivity index (χ1n) is 6.71. The lowest BCUT2D eigenvalue weighted by Gasteiger charge is -2.10. The lowest BCUT2D eigenvalue weighted by Crippen LogP contribution is -2.25. The van der Waals surface area contributed by atoms with Crippen molar-refractivity contribution in [1.29, 1.82) is 0 Å². The largest absolute Gasteiger partial charge is 0.416 e. The third-order valence-electron chi connectivity index (χ3n) is 2.42. The summed E-state index contributed by atoms with van der Waals surface area (Å²) in [6.07, 6.45) is -1.41. The van der Waals surface area contributed by atoms with Crippen LogP contribution >= 0.6 is 0 Å². The smallest absolute Gasteiger partial charge is 0.399 e. The van der Waals surface area contributed by atoms with Gasteiger partial charge in [0.15, 0.2) is 0 Å². The molecule has 0 aromatic heterocycles. The van der Waals surface area contributed by atoms with E-state index >= 15 is 0 Å². The van der Waals surface area contributed by atoms with Gasteiger partial charge in [0.2, 0.25) is 0 Å². The Hall–Kier alpha value is -1.98. The number of benzene rings is 1. The van der Waals surface area contributed by atoms with Crippen LogP contribution in [-0.2, 0) is 6.18 Å². The van der Waals surface area contributed by atoms with E-state index in [9.17, 15) is 18.0 Å². The quantitative estimate of drug-likeness (QED) is 0.490. The zero-order valence-electron chi connectivity index (χ0n) is 12.3. The van der Waals surface area contributed by atoms with Gasteiger partial charge in [0.05, 0.1) is 5.56 Å². The summed E-state index contributed by atoms with van der Waals surface area (Å²) in [5, 5.41) is 2.53. The normalized spacial score (nSPS) is 10.3. The predicted octanol–water partition coefficient (Wildman–Crippen LogP) is 4.01. The number of unbranched alkanes of at least 4 members (excludes halogenated alkanes) is 1. The molecule has 3 N–H and O–H groups in total. The van der Waals surface area contributed by atoms with Gasteiger partial charge >= 0.3 is 6.18 Å². The molecule has 0 unspecified atom stereocenters. The predicted molar refractivity (Wildman–Crippen MR) is 79.0 cm³/mol. The van der Waals surface area contributed by atoms with Gasteiger partial charge < -0.3 is 11.1 Å². The fraction of sp³-hybridized carbons (Fsp3) is 0.400. The first-order chi connectivity index (χ1) is 9.84. The van der Waals surface area contributed by atoms with E-state index in [-0.39, 0.29) is 11.3 Å². The summed E-state index contributed by atoms with van der Waals surface area (Å²) in [5.41, 5.74) is 4.27. The molecule has 0 aliphatic carbocycles. The van der Waals surface area contributed by atoms with Crippen LogP contribution in [-0.4, -0.2) is 12.5 Å². The highest BCUT2D eigenvalue weighted by atomic mass is 19.4. The van der Waals surface area contributed by atoms with Crippen LogP contribution in [0.5, 0.6) is 0 Å². The van der Waals surface area contributed by atoms with Crippen molar-refractivity contribution in [3.05, 3.63) is 42.0 Å². The van der Waals surface area contributed by atoms with Gasteiger partial charge in [-0.25, -0.2) is 0 Å².